The van der Waals surface area contributed by atoms with Gasteiger partial charge in [-0.25, -0.2) is 0 Å². The summed E-state index contributed by atoms with van der Waals surface area (Å²) in [6.07, 6.45) is 7.37. The third kappa shape index (κ3) is 1.93. The second kappa shape index (κ2) is 4.72. The van der Waals surface area contributed by atoms with Crippen LogP contribution < -0.4 is 5.32 Å². The van der Waals surface area contributed by atoms with Gasteiger partial charge in [0.05, 0.1) is 6.10 Å². The molecule has 4 rings (SSSR count). The molecule has 4 aliphatic rings. The molecule has 8 atom stereocenters. The molecular weight excluding hydrogens is 274 g/mol. The quantitative estimate of drug-likeness (QED) is 0.722. The number of carbonyl (C=O) groups excluding carboxylic acids is 1. The molecule has 124 valence electrons. The van der Waals surface area contributed by atoms with Crippen molar-refractivity contribution in [3.8, 4) is 0 Å². The number of fused-ring (bicyclic) bond motifs is 5. The fourth-order valence-corrected chi connectivity index (χ4v) is 7.07. The molecule has 3 heteroatoms. The highest BCUT2D eigenvalue weighted by atomic mass is 16.3. The third-order valence-electron chi connectivity index (χ3n) is 8.21. The van der Waals surface area contributed by atoms with Gasteiger partial charge in [-0.1, -0.05) is 20.8 Å². The highest BCUT2D eigenvalue weighted by Gasteiger charge is 2.61. The molecule has 22 heavy (non-hydrogen) atoms. The molecule has 4 fully saturated rings. The van der Waals surface area contributed by atoms with Gasteiger partial charge in [-0.2, -0.15) is 0 Å². The molecule has 4 unspecified atom stereocenters. The van der Waals surface area contributed by atoms with Crippen LogP contribution >= 0.6 is 0 Å². The van der Waals surface area contributed by atoms with Gasteiger partial charge < -0.3 is 10.4 Å². The van der Waals surface area contributed by atoms with E-state index in [0.29, 0.717) is 29.7 Å². The smallest absolute Gasteiger partial charge is 0.220 e. The molecule has 3 nitrogen and oxygen atoms in total. The number of hydrogen-bond acceptors (Lipinski definition) is 2. The minimum atomic E-state index is -0.0856. The van der Waals surface area contributed by atoms with Gasteiger partial charge in [0, 0.05) is 12.5 Å². The first kappa shape index (κ1) is 15.0. The van der Waals surface area contributed by atoms with Crippen molar-refractivity contribution in [1.29, 1.82) is 0 Å². The molecule has 1 heterocycles. The van der Waals surface area contributed by atoms with E-state index in [2.05, 4.69) is 26.1 Å². The maximum atomic E-state index is 11.9. The number of aliphatic hydroxyl groups excluding tert-OH is 1. The standard InChI is InChI=1S/C19H31NO2/c1-11-8-15-19(3,7-5-16(22)20-15)13-4-6-18(2)10-12(21)9-14(18)17(11)13/h11-15,17,21H,4-10H2,1-3H3,(H,20,22)/t11-,12-,13?,14?,15?,17?,18+,19+/m0/s1. The van der Waals surface area contributed by atoms with Crippen LogP contribution in [0.2, 0.25) is 0 Å². The summed E-state index contributed by atoms with van der Waals surface area (Å²) in [6.45, 7) is 7.26. The van der Waals surface area contributed by atoms with Crippen molar-refractivity contribution in [2.45, 2.75) is 77.9 Å². The summed E-state index contributed by atoms with van der Waals surface area (Å²) < 4.78 is 0. The van der Waals surface area contributed by atoms with Gasteiger partial charge in [0.1, 0.15) is 0 Å². The van der Waals surface area contributed by atoms with Crippen molar-refractivity contribution in [3.05, 3.63) is 0 Å². The third-order valence-corrected chi connectivity index (χ3v) is 8.21. The Morgan fingerprint density at radius 3 is 2.73 bits per heavy atom. The number of nitrogens with one attached hydrogen (secondary N) is 1. The molecule has 0 bridgehead atoms. The zero-order chi connectivity index (χ0) is 15.7. The van der Waals surface area contributed by atoms with Crippen LogP contribution in [0.1, 0.15) is 65.7 Å². The van der Waals surface area contributed by atoms with E-state index in [9.17, 15) is 9.90 Å². The molecule has 0 aromatic rings. The van der Waals surface area contributed by atoms with Gasteiger partial charge in [-0.15, -0.1) is 0 Å². The number of carbonyl (C=O) groups is 1. The molecule has 0 aromatic carbocycles. The number of hydrogen-bond donors (Lipinski definition) is 2. The lowest BCUT2D eigenvalue weighted by Crippen LogP contribution is -2.62. The van der Waals surface area contributed by atoms with E-state index in [0.717, 1.165) is 37.5 Å². The largest absolute Gasteiger partial charge is 0.393 e. The Morgan fingerprint density at radius 1 is 1.18 bits per heavy atom. The van der Waals surface area contributed by atoms with Crippen molar-refractivity contribution in [2.75, 3.05) is 0 Å². The molecule has 0 aromatic heterocycles. The Labute approximate surface area is 134 Å². The normalized spacial score (nSPS) is 57.5. The topological polar surface area (TPSA) is 49.3 Å². The van der Waals surface area contributed by atoms with Crippen molar-refractivity contribution >= 4 is 5.91 Å². The van der Waals surface area contributed by atoms with E-state index in [1.54, 1.807) is 0 Å². The van der Waals surface area contributed by atoms with E-state index < -0.39 is 0 Å². The zero-order valence-electron chi connectivity index (χ0n) is 14.3. The van der Waals surface area contributed by atoms with Crippen molar-refractivity contribution in [1.82, 2.24) is 5.32 Å². The number of aliphatic hydroxyl groups is 1. The molecular formula is C19H31NO2. The lowest BCUT2D eigenvalue weighted by molar-refractivity contribution is -0.141. The van der Waals surface area contributed by atoms with Gasteiger partial charge in [-0.3, -0.25) is 4.79 Å². The molecule has 3 aliphatic carbocycles. The Hall–Kier alpha value is -0.570. The molecule has 0 spiro atoms. The summed E-state index contributed by atoms with van der Waals surface area (Å²) in [7, 11) is 0. The summed E-state index contributed by atoms with van der Waals surface area (Å²) in [5.41, 5.74) is 0.635. The van der Waals surface area contributed by atoms with Crippen molar-refractivity contribution in [3.63, 3.8) is 0 Å². The predicted octanol–water partition coefficient (Wildman–Crippen LogP) is 3.11. The van der Waals surface area contributed by atoms with Gasteiger partial charge in [0.15, 0.2) is 0 Å². The van der Waals surface area contributed by atoms with Crippen LogP contribution in [0.3, 0.4) is 0 Å². The maximum Gasteiger partial charge on any atom is 0.220 e. The lowest BCUT2D eigenvalue weighted by Gasteiger charge is -2.61. The molecule has 2 N–H and O–H groups in total. The van der Waals surface area contributed by atoms with Crippen LogP contribution in [-0.2, 0) is 4.79 Å². The van der Waals surface area contributed by atoms with Crippen LogP contribution in [0.5, 0.6) is 0 Å². The first-order valence-corrected chi connectivity index (χ1v) is 9.31. The van der Waals surface area contributed by atoms with Crippen LogP contribution in [0, 0.1) is 34.5 Å². The van der Waals surface area contributed by atoms with Gasteiger partial charge in [0.25, 0.3) is 0 Å². The first-order chi connectivity index (χ1) is 10.3. The Kier molecular flexibility index (Phi) is 3.21. The average molecular weight is 305 g/mol. The molecule has 1 aliphatic heterocycles. The fraction of sp³-hybridized carbons (Fsp3) is 0.947. The minimum absolute atomic E-state index is 0.0856. The minimum Gasteiger partial charge on any atom is -0.393 e. The molecule has 3 saturated carbocycles. The summed E-state index contributed by atoms with van der Waals surface area (Å²) in [4.78, 5) is 11.9. The second-order valence-corrected chi connectivity index (χ2v) is 9.42. The van der Waals surface area contributed by atoms with Gasteiger partial charge in [0.2, 0.25) is 5.91 Å². The molecule has 1 saturated heterocycles. The highest BCUT2D eigenvalue weighted by Crippen LogP contribution is 2.65. The summed E-state index contributed by atoms with van der Waals surface area (Å²) in [5.74, 6) is 3.07. The van der Waals surface area contributed by atoms with Gasteiger partial charge >= 0.3 is 0 Å². The van der Waals surface area contributed by atoms with E-state index in [1.807, 2.05) is 0 Å². The van der Waals surface area contributed by atoms with E-state index in [1.165, 1.54) is 12.8 Å². The highest BCUT2D eigenvalue weighted by molar-refractivity contribution is 5.77. The van der Waals surface area contributed by atoms with E-state index in [4.69, 9.17) is 0 Å². The summed E-state index contributed by atoms with van der Waals surface area (Å²) in [6, 6.07) is 0.376. The van der Waals surface area contributed by atoms with Crippen LogP contribution in [0.15, 0.2) is 0 Å². The van der Waals surface area contributed by atoms with Crippen LogP contribution in [0.25, 0.3) is 0 Å². The number of rotatable bonds is 0. The van der Waals surface area contributed by atoms with Crippen molar-refractivity contribution in [2.24, 2.45) is 34.5 Å². The summed E-state index contributed by atoms with van der Waals surface area (Å²) >= 11 is 0. The van der Waals surface area contributed by atoms with Crippen molar-refractivity contribution < 1.29 is 9.90 Å². The van der Waals surface area contributed by atoms with E-state index in [-0.39, 0.29) is 17.4 Å². The summed E-state index contributed by atoms with van der Waals surface area (Å²) in [5, 5.41) is 13.6. The zero-order valence-corrected chi connectivity index (χ0v) is 14.3. The lowest BCUT2D eigenvalue weighted by atomic mass is 9.45. The second-order valence-electron chi connectivity index (χ2n) is 9.42. The van der Waals surface area contributed by atoms with E-state index >= 15 is 0 Å². The number of piperidine rings is 1. The molecule has 0 radical (unpaired) electrons. The Balaban J connectivity index is 1.68. The SMILES string of the molecule is C[C@H]1CC2NC(=O)CC[C@]2(C)C2CC[C@]3(C)C[C@@H](O)CC3C21. The molecule has 1 amide bonds. The average Bonchev–Trinajstić information content (AvgIpc) is 2.75. The van der Waals surface area contributed by atoms with Crippen LogP contribution in [0.4, 0.5) is 0 Å². The fourth-order valence-electron chi connectivity index (χ4n) is 7.07. The predicted molar refractivity (Wildman–Crippen MR) is 86.1 cm³/mol. The first-order valence-electron chi connectivity index (χ1n) is 9.31. The maximum absolute atomic E-state index is 11.9. The van der Waals surface area contributed by atoms with Crippen LogP contribution in [-0.4, -0.2) is 23.2 Å². The Bertz CT molecular complexity index is 492. The monoisotopic (exact) mass is 305 g/mol. The number of amides is 1. The Morgan fingerprint density at radius 2 is 1.95 bits per heavy atom. The van der Waals surface area contributed by atoms with Gasteiger partial charge in [-0.05, 0) is 73.0 Å².